The molecule has 0 amide bonds. The number of allylic oxidation sites excluding steroid dienone is 1. The summed E-state index contributed by atoms with van der Waals surface area (Å²) in [5.41, 5.74) is 19.8. The maximum absolute atomic E-state index is 6.81. The Balaban J connectivity index is 2.56. The van der Waals surface area contributed by atoms with E-state index in [2.05, 4.69) is 64.3 Å². The third-order valence-electron chi connectivity index (χ3n) is 5.01. The van der Waals surface area contributed by atoms with Gasteiger partial charge in [0.05, 0.1) is 11.4 Å². The van der Waals surface area contributed by atoms with Gasteiger partial charge in [0.2, 0.25) is 0 Å². The van der Waals surface area contributed by atoms with E-state index in [0.717, 1.165) is 40.8 Å². The molecule has 0 saturated carbocycles. The van der Waals surface area contributed by atoms with E-state index in [1.165, 1.54) is 5.56 Å². The molecule has 24 heavy (non-hydrogen) atoms. The molecule has 1 unspecified atom stereocenters. The van der Waals surface area contributed by atoms with Gasteiger partial charge in [-0.1, -0.05) is 31.5 Å². The number of nitrogens with one attached hydrogen (secondary N) is 2. The van der Waals surface area contributed by atoms with Crippen LogP contribution in [0.4, 0.5) is 0 Å². The molecule has 0 bridgehead atoms. The lowest BCUT2D eigenvalue weighted by Gasteiger charge is -2.39. The van der Waals surface area contributed by atoms with Gasteiger partial charge in [-0.2, -0.15) is 0 Å². The van der Waals surface area contributed by atoms with Crippen LogP contribution >= 0.6 is 0 Å². The molecule has 0 spiro atoms. The van der Waals surface area contributed by atoms with Crippen molar-refractivity contribution in [3.8, 4) is 0 Å². The number of nitrogens with two attached hydrogens (primary N) is 2. The first-order valence-electron chi connectivity index (χ1n) is 8.83. The predicted octanol–water partition coefficient (Wildman–Crippen LogP) is 3.18. The van der Waals surface area contributed by atoms with Crippen molar-refractivity contribution < 1.29 is 0 Å². The van der Waals surface area contributed by atoms with Crippen LogP contribution in [0.3, 0.4) is 0 Å². The molecule has 0 fully saturated rings. The van der Waals surface area contributed by atoms with Crippen molar-refractivity contribution in [2.24, 2.45) is 11.5 Å². The van der Waals surface area contributed by atoms with Crippen molar-refractivity contribution in [2.45, 2.75) is 66.1 Å². The number of hydrogen-bond acceptors (Lipinski definition) is 4. The van der Waals surface area contributed by atoms with E-state index < -0.39 is 5.66 Å². The van der Waals surface area contributed by atoms with Gasteiger partial charge in [-0.25, -0.2) is 0 Å². The number of hydrogen-bond donors (Lipinski definition) is 4. The SMILES string of the molecule is CCC(CC)NC1=C(N)C(N)(c2c(C)cc(C)cc2C)NC=C1C. The lowest BCUT2D eigenvalue weighted by molar-refractivity contribution is 0.428. The Morgan fingerprint density at radius 2 is 1.62 bits per heavy atom. The number of dihydropyridines is 1. The Hall–Kier alpha value is -1.94. The van der Waals surface area contributed by atoms with Gasteiger partial charge in [0.15, 0.2) is 5.66 Å². The summed E-state index contributed by atoms with van der Waals surface area (Å²) < 4.78 is 0. The molecule has 1 aliphatic heterocycles. The second-order valence-electron chi connectivity index (χ2n) is 7.00. The van der Waals surface area contributed by atoms with Gasteiger partial charge in [0.1, 0.15) is 0 Å². The third kappa shape index (κ3) is 3.16. The minimum absolute atomic E-state index is 0.393. The zero-order chi connectivity index (χ0) is 18.1. The van der Waals surface area contributed by atoms with E-state index in [-0.39, 0.29) is 0 Å². The Morgan fingerprint density at radius 1 is 1.08 bits per heavy atom. The van der Waals surface area contributed by atoms with E-state index in [1.54, 1.807) is 0 Å². The number of benzene rings is 1. The summed E-state index contributed by atoms with van der Waals surface area (Å²) in [7, 11) is 0. The fraction of sp³-hybridized carbons (Fsp3) is 0.500. The Morgan fingerprint density at radius 3 is 2.12 bits per heavy atom. The summed E-state index contributed by atoms with van der Waals surface area (Å²) in [4.78, 5) is 0. The van der Waals surface area contributed by atoms with Gasteiger partial charge in [-0.05, 0) is 57.2 Å². The summed E-state index contributed by atoms with van der Waals surface area (Å²) in [6.07, 6.45) is 4.07. The first kappa shape index (κ1) is 18.4. The molecule has 1 heterocycles. The van der Waals surface area contributed by atoms with Crippen molar-refractivity contribution in [3.63, 3.8) is 0 Å². The molecule has 1 aromatic rings. The summed E-state index contributed by atoms with van der Waals surface area (Å²) in [5.74, 6) is 0. The minimum atomic E-state index is -0.893. The normalized spacial score (nSPS) is 20.9. The molecule has 2 rings (SSSR count). The van der Waals surface area contributed by atoms with Crippen molar-refractivity contribution in [1.82, 2.24) is 10.6 Å². The average Bonchev–Trinajstić information content (AvgIpc) is 2.51. The van der Waals surface area contributed by atoms with Crippen molar-refractivity contribution in [2.75, 3.05) is 0 Å². The molecule has 1 aliphatic rings. The highest BCUT2D eigenvalue weighted by Crippen LogP contribution is 2.33. The minimum Gasteiger partial charge on any atom is -0.397 e. The summed E-state index contributed by atoms with van der Waals surface area (Å²) in [6.45, 7) is 12.7. The topological polar surface area (TPSA) is 76.1 Å². The van der Waals surface area contributed by atoms with Crippen LogP contribution in [-0.4, -0.2) is 6.04 Å². The second kappa shape index (κ2) is 6.89. The maximum Gasteiger partial charge on any atom is 0.155 e. The van der Waals surface area contributed by atoms with Crippen LogP contribution < -0.4 is 22.1 Å². The molecule has 4 heteroatoms. The van der Waals surface area contributed by atoms with Crippen LogP contribution in [0.1, 0.15) is 55.9 Å². The standard InChI is InChI=1S/C20H32N4/c1-7-16(8-2)24-18-15(6)11-23-20(22,19(18)21)17-13(4)9-12(3)10-14(17)5/h9-11,16,23-24H,7-8,21-22H2,1-6H3. The van der Waals surface area contributed by atoms with Gasteiger partial charge >= 0.3 is 0 Å². The van der Waals surface area contributed by atoms with E-state index in [0.29, 0.717) is 11.7 Å². The molecule has 0 aromatic heterocycles. The fourth-order valence-electron chi connectivity index (χ4n) is 3.68. The fourth-order valence-corrected chi connectivity index (χ4v) is 3.68. The zero-order valence-electron chi connectivity index (χ0n) is 15.9. The summed E-state index contributed by atoms with van der Waals surface area (Å²) >= 11 is 0. The monoisotopic (exact) mass is 328 g/mol. The van der Waals surface area contributed by atoms with E-state index in [1.807, 2.05) is 6.20 Å². The highest BCUT2D eigenvalue weighted by molar-refractivity contribution is 5.51. The van der Waals surface area contributed by atoms with Crippen LogP contribution in [0.2, 0.25) is 0 Å². The van der Waals surface area contributed by atoms with Crippen molar-refractivity contribution >= 4 is 0 Å². The molecule has 0 saturated heterocycles. The highest BCUT2D eigenvalue weighted by Gasteiger charge is 2.37. The van der Waals surface area contributed by atoms with Gasteiger partial charge < -0.3 is 16.4 Å². The smallest absolute Gasteiger partial charge is 0.155 e. The summed E-state index contributed by atoms with van der Waals surface area (Å²) in [5, 5.41) is 6.94. The molecule has 1 aromatic carbocycles. The molecule has 0 radical (unpaired) electrons. The third-order valence-corrected chi connectivity index (χ3v) is 5.01. The first-order valence-corrected chi connectivity index (χ1v) is 8.83. The molecule has 132 valence electrons. The molecular formula is C20H32N4. The lowest BCUT2D eigenvalue weighted by atomic mass is 9.85. The highest BCUT2D eigenvalue weighted by atomic mass is 15.1. The molecular weight excluding hydrogens is 296 g/mol. The molecule has 6 N–H and O–H groups in total. The van der Waals surface area contributed by atoms with Crippen LogP contribution in [0, 0.1) is 20.8 Å². The number of rotatable bonds is 5. The molecule has 0 aliphatic carbocycles. The molecule has 1 atom stereocenters. The van der Waals surface area contributed by atoms with E-state index in [4.69, 9.17) is 11.5 Å². The zero-order valence-corrected chi connectivity index (χ0v) is 15.9. The second-order valence-corrected chi connectivity index (χ2v) is 7.00. The first-order chi connectivity index (χ1) is 11.2. The van der Waals surface area contributed by atoms with Crippen molar-refractivity contribution in [3.05, 3.63) is 57.6 Å². The van der Waals surface area contributed by atoms with Crippen LogP contribution in [0.25, 0.3) is 0 Å². The Kier molecular flexibility index (Phi) is 5.29. The maximum atomic E-state index is 6.81. The predicted molar refractivity (Wildman–Crippen MR) is 102 cm³/mol. The lowest BCUT2D eigenvalue weighted by Crippen LogP contribution is -2.56. The van der Waals surface area contributed by atoms with Gasteiger partial charge in [-0.15, -0.1) is 0 Å². The van der Waals surface area contributed by atoms with E-state index in [9.17, 15) is 0 Å². The van der Waals surface area contributed by atoms with Gasteiger partial charge in [0, 0.05) is 17.8 Å². The van der Waals surface area contributed by atoms with E-state index >= 15 is 0 Å². The Bertz CT molecular complexity index is 660. The molecule has 4 nitrogen and oxygen atoms in total. The van der Waals surface area contributed by atoms with Crippen LogP contribution in [0.5, 0.6) is 0 Å². The number of aryl methyl sites for hydroxylation is 3. The van der Waals surface area contributed by atoms with Gasteiger partial charge in [-0.3, -0.25) is 5.73 Å². The van der Waals surface area contributed by atoms with Crippen LogP contribution in [0.15, 0.2) is 35.3 Å². The van der Waals surface area contributed by atoms with Gasteiger partial charge in [0.25, 0.3) is 0 Å². The quantitative estimate of drug-likeness (QED) is 0.669. The largest absolute Gasteiger partial charge is 0.397 e. The average molecular weight is 329 g/mol. The van der Waals surface area contributed by atoms with Crippen LogP contribution in [-0.2, 0) is 5.66 Å². The summed E-state index contributed by atoms with van der Waals surface area (Å²) in [6, 6.07) is 4.71. The Labute approximate surface area is 146 Å². The van der Waals surface area contributed by atoms with Crippen molar-refractivity contribution in [1.29, 1.82) is 0 Å².